The van der Waals surface area contributed by atoms with Crippen molar-refractivity contribution in [1.82, 2.24) is 4.90 Å². The summed E-state index contributed by atoms with van der Waals surface area (Å²) in [6.45, 7) is 4.75. The van der Waals surface area contributed by atoms with E-state index in [1.54, 1.807) is 18.4 Å². The maximum absolute atomic E-state index is 10.6. The van der Waals surface area contributed by atoms with Crippen molar-refractivity contribution in [2.75, 3.05) is 26.7 Å². The molecule has 2 aromatic rings. The lowest BCUT2D eigenvalue weighted by molar-refractivity contribution is 0.0579. The number of hydrogen-bond donors (Lipinski definition) is 1. The van der Waals surface area contributed by atoms with E-state index in [9.17, 15) is 5.11 Å². The van der Waals surface area contributed by atoms with Gasteiger partial charge in [-0.2, -0.15) is 0 Å². The first-order valence-corrected chi connectivity index (χ1v) is 9.31. The van der Waals surface area contributed by atoms with Crippen molar-refractivity contribution in [2.24, 2.45) is 0 Å². The lowest BCUT2D eigenvalue weighted by Crippen LogP contribution is -2.42. The van der Waals surface area contributed by atoms with Crippen LogP contribution in [-0.4, -0.2) is 42.9 Å². The molecule has 1 N–H and O–H groups in total. The number of para-hydroxylation sites is 1. The first-order chi connectivity index (χ1) is 11.7. The van der Waals surface area contributed by atoms with E-state index in [-0.39, 0.29) is 6.10 Å². The van der Waals surface area contributed by atoms with Crippen molar-refractivity contribution >= 4 is 17.4 Å². The summed E-state index contributed by atoms with van der Waals surface area (Å²) in [5, 5.41) is 12.7. The molecule has 2 atom stereocenters. The van der Waals surface area contributed by atoms with E-state index in [0.717, 1.165) is 37.4 Å². The quantitative estimate of drug-likeness (QED) is 0.893. The standard InChI is InChI=1S/C20H25NO2S/c1-15-10-13-24-20(15)17-9-12-21(14-18(17)22)11-5-7-16-6-3-4-8-19(16)23-2/h3-8,10,13,17-18,22H,9,11-12,14H2,1-2H3/t17-,18-/m1/s1. The lowest BCUT2D eigenvalue weighted by Gasteiger charge is -2.35. The number of aliphatic hydroxyl groups is 1. The first-order valence-electron chi connectivity index (χ1n) is 8.43. The van der Waals surface area contributed by atoms with Gasteiger partial charge in [-0.25, -0.2) is 0 Å². The number of β-amino-alcohol motifs (C(OH)–C–C–N with tert-alkyl or cyclic N) is 1. The highest BCUT2D eigenvalue weighted by Gasteiger charge is 2.29. The number of ether oxygens (including phenoxy) is 1. The van der Waals surface area contributed by atoms with Crippen molar-refractivity contribution in [1.29, 1.82) is 0 Å². The fourth-order valence-corrected chi connectivity index (χ4v) is 4.49. The van der Waals surface area contributed by atoms with Gasteiger partial charge in [0.2, 0.25) is 0 Å². The molecule has 1 aromatic heterocycles. The summed E-state index contributed by atoms with van der Waals surface area (Å²) < 4.78 is 5.37. The van der Waals surface area contributed by atoms with E-state index < -0.39 is 0 Å². The number of benzene rings is 1. The number of rotatable bonds is 5. The first kappa shape index (κ1) is 17.2. The fraction of sp³-hybridized carbons (Fsp3) is 0.400. The van der Waals surface area contributed by atoms with Gasteiger partial charge in [-0.1, -0.05) is 30.4 Å². The minimum absolute atomic E-state index is 0.282. The van der Waals surface area contributed by atoms with Gasteiger partial charge in [-0.3, -0.25) is 4.90 Å². The molecular formula is C20H25NO2S. The Balaban J connectivity index is 1.57. The summed E-state index contributed by atoms with van der Waals surface area (Å²) in [5.41, 5.74) is 2.40. The summed E-state index contributed by atoms with van der Waals surface area (Å²) >= 11 is 1.77. The predicted molar refractivity (Wildman–Crippen MR) is 101 cm³/mol. The van der Waals surface area contributed by atoms with Gasteiger partial charge in [0.25, 0.3) is 0 Å². The van der Waals surface area contributed by atoms with Gasteiger partial charge in [-0.15, -0.1) is 11.3 Å². The maximum atomic E-state index is 10.6. The van der Waals surface area contributed by atoms with Crippen LogP contribution in [0.2, 0.25) is 0 Å². The van der Waals surface area contributed by atoms with E-state index in [1.807, 2.05) is 18.2 Å². The number of likely N-dealkylation sites (tertiary alicyclic amines) is 1. The number of aliphatic hydroxyl groups excluding tert-OH is 1. The number of thiophene rings is 1. The van der Waals surface area contributed by atoms with Crippen LogP contribution in [0.4, 0.5) is 0 Å². The molecule has 0 unspecified atom stereocenters. The molecule has 0 bridgehead atoms. The highest BCUT2D eigenvalue weighted by Crippen LogP contribution is 2.34. The van der Waals surface area contributed by atoms with Crippen LogP contribution in [0, 0.1) is 6.92 Å². The van der Waals surface area contributed by atoms with Crippen LogP contribution in [0.1, 0.15) is 28.3 Å². The number of nitrogens with zero attached hydrogens (tertiary/aromatic N) is 1. The Morgan fingerprint density at radius 3 is 2.88 bits per heavy atom. The molecule has 0 amide bonds. The highest BCUT2D eigenvalue weighted by molar-refractivity contribution is 7.10. The van der Waals surface area contributed by atoms with Crippen LogP contribution in [0.15, 0.2) is 41.8 Å². The molecule has 3 nitrogen and oxygen atoms in total. The van der Waals surface area contributed by atoms with Crippen molar-refractivity contribution in [3.05, 3.63) is 57.8 Å². The number of methoxy groups -OCH3 is 1. The molecule has 0 spiro atoms. The second-order valence-corrected chi connectivity index (χ2v) is 7.28. The molecule has 1 fully saturated rings. The topological polar surface area (TPSA) is 32.7 Å². The summed E-state index contributed by atoms with van der Waals surface area (Å²) in [5.74, 6) is 1.18. The maximum Gasteiger partial charge on any atom is 0.126 e. The zero-order valence-electron chi connectivity index (χ0n) is 14.3. The summed E-state index contributed by atoms with van der Waals surface area (Å²) in [6, 6.07) is 10.2. The molecule has 0 saturated carbocycles. The predicted octanol–water partition coefficient (Wildman–Crippen LogP) is 3.93. The number of piperidine rings is 1. The van der Waals surface area contributed by atoms with E-state index >= 15 is 0 Å². The van der Waals surface area contributed by atoms with Crippen LogP contribution < -0.4 is 4.74 Å². The van der Waals surface area contributed by atoms with Crippen molar-refractivity contribution in [3.63, 3.8) is 0 Å². The summed E-state index contributed by atoms with van der Waals surface area (Å²) in [4.78, 5) is 3.67. The third kappa shape index (κ3) is 3.89. The zero-order valence-corrected chi connectivity index (χ0v) is 15.1. The van der Waals surface area contributed by atoms with Crippen LogP contribution in [0.3, 0.4) is 0 Å². The van der Waals surface area contributed by atoms with Crippen LogP contribution >= 0.6 is 11.3 Å². The molecular weight excluding hydrogens is 318 g/mol. The molecule has 24 heavy (non-hydrogen) atoms. The van der Waals surface area contributed by atoms with E-state index in [4.69, 9.17) is 4.74 Å². The van der Waals surface area contributed by atoms with Crippen LogP contribution in [-0.2, 0) is 0 Å². The van der Waals surface area contributed by atoms with Gasteiger partial charge >= 0.3 is 0 Å². The monoisotopic (exact) mass is 343 g/mol. The summed E-state index contributed by atoms with van der Waals surface area (Å²) in [7, 11) is 1.69. The Labute approximate surface area is 148 Å². The van der Waals surface area contributed by atoms with Gasteiger partial charge in [0.1, 0.15) is 5.75 Å². The smallest absolute Gasteiger partial charge is 0.126 e. The Kier molecular flexibility index (Phi) is 5.72. The van der Waals surface area contributed by atoms with Crippen molar-refractivity contribution in [2.45, 2.75) is 25.4 Å². The third-order valence-electron chi connectivity index (χ3n) is 4.70. The molecule has 128 valence electrons. The van der Waals surface area contributed by atoms with Crippen molar-refractivity contribution in [3.8, 4) is 5.75 Å². The normalized spacial score (nSPS) is 22.1. The van der Waals surface area contributed by atoms with Gasteiger partial charge < -0.3 is 9.84 Å². The molecule has 1 saturated heterocycles. The molecule has 3 rings (SSSR count). The molecule has 1 aliphatic heterocycles. The second kappa shape index (κ2) is 7.97. The number of aryl methyl sites for hydroxylation is 1. The Morgan fingerprint density at radius 1 is 1.33 bits per heavy atom. The molecule has 0 aliphatic carbocycles. The van der Waals surface area contributed by atoms with E-state index in [2.05, 4.69) is 41.5 Å². The molecule has 4 heteroatoms. The Bertz CT molecular complexity index is 694. The Morgan fingerprint density at radius 2 is 2.17 bits per heavy atom. The SMILES string of the molecule is COc1ccccc1C=CCN1CC[C@@H](c2sccc2C)[C@H](O)C1. The van der Waals surface area contributed by atoms with E-state index in [1.165, 1.54) is 10.4 Å². The molecule has 1 aromatic carbocycles. The zero-order chi connectivity index (χ0) is 16.9. The highest BCUT2D eigenvalue weighted by atomic mass is 32.1. The van der Waals surface area contributed by atoms with Crippen LogP contribution in [0.5, 0.6) is 5.75 Å². The molecule has 0 radical (unpaired) electrons. The fourth-order valence-electron chi connectivity index (χ4n) is 3.37. The lowest BCUT2D eigenvalue weighted by atomic mass is 9.90. The largest absolute Gasteiger partial charge is 0.496 e. The average molecular weight is 343 g/mol. The second-order valence-electron chi connectivity index (χ2n) is 6.33. The van der Waals surface area contributed by atoms with Crippen LogP contribution in [0.25, 0.3) is 6.08 Å². The third-order valence-corrected chi connectivity index (χ3v) is 5.86. The van der Waals surface area contributed by atoms with Gasteiger partial charge in [0, 0.05) is 29.4 Å². The van der Waals surface area contributed by atoms with Gasteiger partial charge in [0.15, 0.2) is 0 Å². The number of hydrogen-bond acceptors (Lipinski definition) is 4. The summed E-state index contributed by atoms with van der Waals surface area (Å²) in [6.07, 6.45) is 4.99. The minimum atomic E-state index is -0.282. The van der Waals surface area contributed by atoms with Gasteiger partial charge in [0.05, 0.1) is 13.2 Å². The molecule has 1 aliphatic rings. The minimum Gasteiger partial charge on any atom is -0.496 e. The average Bonchev–Trinajstić information content (AvgIpc) is 3.01. The van der Waals surface area contributed by atoms with Crippen molar-refractivity contribution < 1.29 is 9.84 Å². The van der Waals surface area contributed by atoms with E-state index in [0.29, 0.717) is 5.92 Å². The molecule has 2 heterocycles. The van der Waals surface area contributed by atoms with Gasteiger partial charge in [-0.05, 0) is 43.0 Å². The Hall–Kier alpha value is -1.62.